The molecule has 27 heavy (non-hydrogen) atoms. The van der Waals surface area contributed by atoms with E-state index in [0.717, 1.165) is 18.8 Å². The van der Waals surface area contributed by atoms with E-state index in [0.29, 0.717) is 30.1 Å². The first-order valence-corrected chi connectivity index (χ1v) is 9.10. The number of hydrogen-bond donors (Lipinski definition) is 2. The fourth-order valence-corrected chi connectivity index (χ4v) is 3.25. The summed E-state index contributed by atoms with van der Waals surface area (Å²) in [6, 6.07) is 4.19. The minimum atomic E-state index is -0.567. The van der Waals surface area contributed by atoms with E-state index in [4.69, 9.17) is 21.1 Å². The van der Waals surface area contributed by atoms with Gasteiger partial charge in [-0.2, -0.15) is 0 Å². The largest absolute Gasteiger partial charge is 0.348 e. The second kappa shape index (κ2) is 7.84. The van der Waals surface area contributed by atoms with Crippen LogP contribution in [0.25, 0.3) is 0 Å². The molecule has 2 saturated heterocycles. The second-order valence-electron chi connectivity index (χ2n) is 6.93. The zero-order chi connectivity index (χ0) is 19.6. The topological polar surface area (TPSA) is 97.0 Å². The standard InChI is InChI=1S/C13H12ClN3O3.C5H10O2/c14-8-2-1-7-6-17(12(19)9(7)5-8)4-3-10-11(18)16-13(20)15-10;1-5(2)6-3-4-7-5/h1-2,5,10H,3-4,6H2,(H2,15,16,18,20);3-4H2,1-2H3. The van der Waals surface area contributed by atoms with E-state index in [2.05, 4.69) is 10.6 Å². The first-order chi connectivity index (χ1) is 12.7. The van der Waals surface area contributed by atoms with Crippen LogP contribution in [0.3, 0.4) is 0 Å². The third-order valence-electron chi connectivity index (χ3n) is 4.48. The molecule has 0 spiro atoms. The van der Waals surface area contributed by atoms with Crippen molar-refractivity contribution in [2.45, 2.75) is 38.6 Å². The Kier molecular flexibility index (Phi) is 5.69. The summed E-state index contributed by atoms with van der Waals surface area (Å²) in [7, 11) is 0. The van der Waals surface area contributed by atoms with Gasteiger partial charge in [0, 0.05) is 23.7 Å². The van der Waals surface area contributed by atoms with E-state index in [1.165, 1.54) is 0 Å². The monoisotopic (exact) mass is 395 g/mol. The number of rotatable bonds is 3. The zero-order valence-electron chi connectivity index (χ0n) is 15.2. The zero-order valence-corrected chi connectivity index (χ0v) is 16.0. The van der Waals surface area contributed by atoms with E-state index in [1.54, 1.807) is 17.0 Å². The Morgan fingerprint density at radius 1 is 1.22 bits per heavy atom. The lowest BCUT2D eigenvalue weighted by Gasteiger charge is -2.17. The van der Waals surface area contributed by atoms with Gasteiger partial charge in [0.15, 0.2) is 5.79 Å². The predicted octanol–water partition coefficient (Wildman–Crippen LogP) is 1.66. The van der Waals surface area contributed by atoms with Crippen LogP contribution < -0.4 is 10.6 Å². The Hall–Kier alpha value is -2.16. The van der Waals surface area contributed by atoms with Gasteiger partial charge in [-0.05, 0) is 38.0 Å². The molecule has 3 heterocycles. The third kappa shape index (κ3) is 4.77. The maximum atomic E-state index is 12.2. The number of fused-ring (bicyclic) bond motifs is 1. The highest BCUT2D eigenvalue weighted by Crippen LogP contribution is 2.26. The van der Waals surface area contributed by atoms with Gasteiger partial charge in [0.05, 0.1) is 13.2 Å². The molecule has 1 aromatic rings. The first-order valence-electron chi connectivity index (χ1n) is 8.72. The van der Waals surface area contributed by atoms with Gasteiger partial charge in [-0.15, -0.1) is 0 Å². The molecule has 0 bridgehead atoms. The number of carbonyl (C=O) groups excluding carboxylic acids is 3. The van der Waals surface area contributed by atoms with Gasteiger partial charge in [0.25, 0.3) is 11.8 Å². The molecule has 4 rings (SSSR count). The molecule has 0 saturated carbocycles. The number of benzene rings is 1. The molecule has 1 aromatic carbocycles. The number of urea groups is 1. The Morgan fingerprint density at radius 2 is 1.93 bits per heavy atom. The number of amides is 4. The molecule has 3 aliphatic heterocycles. The van der Waals surface area contributed by atoms with E-state index in [1.807, 2.05) is 19.9 Å². The summed E-state index contributed by atoms with van der Waals surface area (Å²) in [5, 5.41) is 5.21. The molecule has 1 atom stereocenters. The summed E-state index contributed by atoms with van der Waals surface area (Å²) in [6.45, 7) is 6.23. The SMILES string of the molecule is CC1(C)OCCO1.O=C1NC(=O)C(CCN2Cc3ccc(Cl)cc3C2=O)N1. The van der Waals surface area contributed by atoms with Gasteiger partial charge < -0.3 is 19.7 Å². The van der Waals surface area contributed by atoms with Crippen LogP contribution >= 0.6 is 11.6 Å². The van der Waals surface area contributed by atoms with Crippen LogP contribution in [-0.2, 0) is 20.8 Å². The lowest BCUT2D eigenvalue weighted by atomic mass is 10.1. The Labute approximate surface area is 162 Å². The third-order valence-corrected chi connectivity index (χ3v) is 4.71. The number of ether oxygens (including phenoxy) is 2. The second-order valence-corrected chi connectivity index (χ2v) is 7.37. The number of carbonyl (C=O) groups is 3. The van der Waals surface area contributed by atoms with Crippen LogP contribution in [0.15, 0.2) is 18.2 Å². The average molecular weight is 396 g/mol. The molecular formula is C18H22ClN3O5. The number of nitrogens with one attached hydrogen (secondary N) is 2. The number of imide groups is 1. The first kappa shape index (κ1) is 19.6. The van der Waals surface area contributed by atoms with Crippen molar-refractivity contribution in [3.05, 3.63) is 34.3 Å². The van der Waals surface area contributed by atoms with Crippen LogP contribution in [-0.4, -0.2) is 54.3 Å². The van der Waals surface area contributed by atoms with Crippen molar-refractivity contribution < 1.29 is 23.9 Å². The fourth-order valence-electron chi connectivity index (χ4n) is 3.08. The van der Waals surface area contributed by atoms with Gasteiger partial charge in [0.1, 0.15) is 6.04 Å². The molecule has 3 aliphatic rings. The van der Waals surface area contributed by atoms with Crippen molar-refractivity contribution in [2.24, 2.45) is 0 Å². The lowest BCUT2D eigenvalue weighted by Crippen LogP contribution is -2.35. The van der Waals surface area contributed by atoms with Gasteiger partial charge in [-0.1, -0.05) is 17.7 Å². The molecule has 2 fully saturated rings. The van der Waals surface area contributed by atoms with Crippen LogP contribution in [0.5, 0.6) is 0 Å². The quantitative estimate of drug-likeness (QED) is 0.759. The average Bonchev–Trinajstić information content (AvgIpc) is 3.24. The van der Waals surface area contributed by atoms with Gasteiger partial charge in [0.2, 0.25) is 0 Å². The summed E-state index contributed by atoms with van der Waals surface area (Å²) in [5.74, 6) is -0.741. The van der Waals surface area contributed by atoms with E-state index in [9.17, 15) is 14.4 Å². The Balaban J connectivity index is 0.000000253. The fraction of sp³-hybridized carbons (Fsp3) is 0.500. The molecule has 9 heteroatoms. The molecule has 146 valence electrons. The molecule has 0 radical (unpaired) electrons. The van der Waals surface area contributed by atoms with Crippen LogP contribution in [0, 0.1) is 0 Å². The summed E-state index contributed by atoms with van der Waals surface area (Å²) in [4.78, 5) is 36.3. The lowest BCUT2D eigenvalue weighted by molar-refractivity contribution is -0.125. The number of nitrogens with zero attached hydrogens (tertiary/aromatic N) is 1. The van der Waals surface area contributed by atoms with Crippen LogP contribution in [0.2, 0.25) is 5.02 Å². The van der Waals surface area contributed by atoms with Gasteiger partial charge in [-0.3, -0.25) is 14.9 Å². The van der Waals surface area contributed by atoms with Crippen molar-refractivity contribution in [3.63, 3.8) is 0 Å². The highest BCUT2D eigenvalue weighted by molar-refractivity contribution is 6.31. The van der Waals surface area contributed by atoms with Crippen molar-refractivity contribution in [3.8, 4) is 0 Å². The number of hydrogen-bond acceptors (Lipinski definition) is 5. The summed E-state index contributed by atoms with van der Waals surface area (Å²) in [5.41, 5.74) is 1.54. The molecular weight excluding hydrogens is 374 g/mol. The van der Waals surface area contributed by atoms with Crippen LogP contribution in [0.1, 0.15) is 36.2 Å². The van der Waals surface area contributed by atoms with Crippen molar-refractivity contribution in [1.29, 1.82) is 0 Å². The molecule has 0 aliphatic carbocycles. The number of halogens is 1. The Bertz CT molecular complexity index is 759. The minimum Gasteiger partial charge on any atom is -0.348 e. The van der Waals surface area contributed by atoms with E-state index < -0.39 is 12.1 Å². The maximum Gasteiger partial charge on any atom is 0.322 e. The summed E-state index contributed by atoms with van der Waals surface area (Å²) >= 11 is 5.88. The van der Waals surface area contributed by atoms with Crippen molar-refractivity contribution in [1.82, 2.24) is 15.5 Å². The maximum absolute atomic E-state index is 12.2. The molecule has 1 unspecified atom stereocenters. The van der Waals surface area contributed by atoms with E-state index in [-0.39, 0.29) is 17.6 Å². The smallest absolute Gasteiger partial charge is 0.322 e. The highest BCUT2D eigenvalue weighted by Gasteiger charge is 2.32. The molecule has 0 aromatic heterocycles. The molecule has 8 nitrogen and oxygen atoms in total. The highest BCUT2D eigenvalue weighted by atomic mass is 35.5. The summed E-state index contributed by atoms with van der Waals surface area (Å²) < 4.78 is 10.2. The molecule has 4 amide bonds. The normalized spacial score (nSPS) is 22.9. The van der Waals surface area contributed by atoms with Crippen LogP contribution in [0.4, 0.5) is 4.79 Å². The Morgan fingerprint density at radius 3 is 2.48 bits per heavy atom. The van der Waals surface area contributed by atoms with Crippen molar-refractivity contribution in [2.75, 3.05) is 19.8 Å². The van der Waals surface area contributed by atoms with Gasteiger partial charge >= 0.3 is 6.03 Å². The van der Waals surface area contributed by atoms with E-state index >= 15 is 0 Å². The summed E-state index contributed by atoms with van der Waals surface area (Å²) in [6.07, 6.45) is 0.394. The van der Waals surface area contributed by atoms with Crippen molar-refractivity contribution >= 4 is 29.4 Å². The van der Waals surface area contributed by atoms with Gasteiger partial charge in [-0.25, -0.2) is 4.79 Å². The molecule has 2 N–H and O–H groups in total. The minimum absolute atomic E-state index is 0.0905. The predicted molar refractivity (Wildman–Crippen MR) is 97.3 cm³/mol.